The van der Waals surface area contributed by atoms with Crippen LogP contribution < -0.4 is 0 Å². The smallest absolute Gasteiger partial charge is 0.242 e. The monoisotopic (exact) mass is 438 g/mol. The van der Waals surface area contributed by atoms with Gasteiger partial charge in [0.15, 0.2) is 0 Å². The van der Waals surface area contributed by atoms with Crippen LogP contribution in [0.4, 0.5) is 0 Å². The number of fused-ring (bicyclic) bond motifs is 3. The van der Waals surface area contributed by atoms with Crippen LogP contribution in [0.2, 0.25) is 0 Å². The molecule has 0 aromatic heterocycles. The fraction of sp³-hybridized carbons (Fsp3) is 0.579. The van der Waals surface area contributed by atoms with Crippen molar-refractivity contribution in [2.75, 3.05) is 19.6 Å². The normalized spacial score (nSPS) is 25.9. The van der Waals surface area contributed by atoms with Crippen molar-refractivity contribution < 1.29 is 9.59 Å². The quantitative estimate of drug-likeness (QED) is 0.500. The first-order chi connectivity index (χ1) is 11.6. The second-order valence-electron chi connectivity index (χ2n) is 7.26. The number of amides is 2. The van der Waals surface area contributed by atoms with Crippen molar-refractivity contribution in [1.82, 2.24) is 9.80 Å². The van der Waals surface area contributed by atoms with Gasteiger partial charge in [0.2, 0.25) is 11.8 Å². The molecule has 4 nitrogen and oxygen atoms in total. The number of piperazine rings is 1. The van der Waals surface area contributed by atoms with Gasteiger partial charge in [-0.25, -0.2) is 0 Å². The fourth-order valence-corrected chi connectivity index (χ4v) is 5.54. The second-order valence-corrected chi connectivity index (χ2v) is 9.33. The van der Waals surface area contributed by atoms with Gasteiger partial charge in [0, 0.05) is 13.1 Å². The molecule has 1 aliphatic carbocycles. The van der Waals surface area contributed by atoms with E-state index in [1.165, 1.54) is 17.5 Å². The molecule has 2 heterocycles. The highest BCUT2D eigenvalue weighted by molar-refractivity contribution is 14.1. The number of alkyl halides is 1. The number of rotatable bonds is 1. The van der Waals surface area contributed by atoms with E-state index in [0.29, 0.717) is 6.54 Å². The number of hydrogen-bond donors (Lipinski definition) is 0. The van der Waals surface area contributed by atoms with Crippen molar-refractivity contribution in [3.05, 3.63) is 35.4 Å². The Kier molecular flexibility index (Phi) is 4.31. The number of benzene rings is 1. The minimum absolute atomic E-state index is 0.0312. The Hall–Kier alpha value is -1.11. The zero-order valence-corrected chi connectivity index (χ0v) is 16.0. The van der Waals surface area contributed by atoms with Crippen molar-refractivity contribution in [3.8, 4) is 0 Å². The van der Waals surface area contributed by atoms with Crippen LogP contribution in [0.15, 0.2) is 24.3 Å². The van der Waals surface area contributed by atoms with Crippen LogP contribution in [0.1, 0.15) is 49.3 Å². The molecule has 2 amide bonds. The Labute approximate surface area is 156 Å². The summed E-state index contributed by atoms with van der Waals surface area (Å²) in [7, 11) is 0. The van der Waals surface area contributed by atoms with Crippen LogP contribution in [0.25, 0.3) is 0 Å². The Bertz CT molecular complexity index is 669. The van der Waals surface area contributed by atoms with E-state index in [4.69, 9.17) is 0 Å². The predicted molar refractivity (Wildman–Crippen MR) is 101 cm³/mol. The molecule has 3 aliphatic rings. The van der Waals surface area contributed by atoms with E-state index in [1.54, 1.807) is 0 Å². The van der Waals surface area contributed by atoms with Crippen LogP contribution in [0.3, 0.4) is 0 Å². The van der Waals surface area contributed by atoms with Gasteiger partial charge < -0.3 is 9.80 Å². The summed E-state index contributed by atoms with van der Waals surface area (Å²) in [5, 5.41) is 0. The molecule has 2 fully saturated rings. The van der Waals surface area contributed by atoms with Gasteiger partial charge in [-0.15, -0.1) is 0 Å². The van der Waals surface area contributed by atoms with Crippen LogP contribution in [-0.4, -0.2) is 44.7 Å². The maximum absolute atomic E-state index is 13.2. The molecule has 1 aromatic carbocycles. The lowest BCUT2D eigenvalue weighted by Crippen LogP contribution is -2.58. The van der Waals surface area contributed by atoms with E-state index in [1.807, 2.05) is 15.9 Å². The van der Waals surface area contributed by atoms with E-state index < -0.39 is 0 Å². The SMILES string of the molecule is O=C1CN(C(=O)C2(I)CCCCC2)CC2c3ccccc3CCN12. The molecule has 4 rings (SSSR count). The Morgan fingerprint density at radius 1 is 1.17 bits per heavy atom. The first kappa shape index (κ1) is 16.4. The minimum atomic E-state index is -0.299. The zero-order chi connectivity index (χ0) is 16.7. The highest BCUT2D eigenvalue weighted by atomic mass is 127. The summed E-state index contributed by atoms with van der Waals surface area (Å²) in [6.45, 7) is 1.67. The zero-order valence-electron chi connectivity index (χ0n) is 13.8. The fourth-order valence-electron chi connectivity index (χ4n) is 4.44. The lowest BCUT2D eigenvalue weighted by molar-refractivity contribution is -0.150. The molecule has 1 unspecified atom stereocenters. The predicted octanol–water partition coefficient (Wildman–Crippen LogP) is 3.09. The third-order valence-corrected chi connectivity index (χ3v) is 7.31. The second kappa shape index (κ2) is 6.32. The minimum Gasteiger partial charge on any atom is -0.332 e. The third-order valence-electron chi connectivity index (χ3n) is 5.77. The lowest BCUT2D eigenvalue weighted by atomic mass is 9.86. The summed E-state index contributed by atoms with van der Waals surface area (Å²) in [6, 6.07) is 8.40. The molecule has 0 radical (unpaired) electrons. The molecule has 0 bridgehead atoms. The number of nitrogens with zero attached hydrogens (tertiary/aromatic N) is 2. The van der Waals surface area contributed by atoms with E-state index in [0.717, 1.165) is 38.6 Å². The van der Waals surface area contributed by atoms with Crippen molar-refractivity contribution in [1.29, 1.82) is 0 Å². The molecular weight excluding hydrogens is 415 g/mol. The van der Waals surface area contributed by atoms with E-state index in [9.17, 15) is 9.59 Å². The molecule has 128 valence electrons. The molecule has 1 aromatic rings. The molecular formula is C19H23IN2O2. The number of halogens is 1. The standard InChI is InChI=1S/C19H23IN2O2/c20-19(9-4-1-5-10-19)18(24)21-12-16-15-7-3-2-6-14(15)8-11-22(16)17(23)13-21/h2-3,6-7,16H,1,4-5,8-13H2. The van der Waals surface area contributed by atoms with Gasteiger partial charge in [-0.05, 0) is 30.4 Å². The molecule has 0 spiro atoms. The highest BCUT2D eigenvalue weighted by Crippen LogP contribution is 2.40. The number of carbonyl (C=O) groups is 2. The van der Waals surface area contributed by atoms with E-state index in [2.05, 4.69) is 40.8 Å². The van der Waals surface area contributed by atoms with Crippen molar-refractivity contribution in [2.45, 2.75) is 48.0 Å². The molecule has 2 aliphatic heterocycles. The largest absolute Gasteiger partial charge is 0.332 e. The van der Waals surface area contributed by atoms with Crippen molar-refractivity contribution in [3.63, 3.8) is 0 Å². The summed E-state index contributed by atoms with van der Waals surface area (Å²) in [5.74, 6) is 0.281. The molecule has 5 heteroatoms. The average molecular weight is 438 g/mol. The molecule has 1 saturated carbocycles. The van der Waals surface area contributed by atoms with Gasteiger partial charge in [-0.1, -0.05) is 66.1 Å². The highest BCUT2D eigenvalue weighted by Gasteiger charge is 2.44. The average Bonchev–Trinajstić information content (AvgIpc) is 2.61. The maximum atomic E-state index is 13.2. The molecule has 0 N–H and O–H groups in total. The summed E-state index contributed by atoms with van der Waals surface area (Å²) >= 11 is 2.36. The van der Waals surface area contributed by atoms with Gasteiger partial charge in [-0.2, -0.15) is 0 Å². The van der Waals surface area contributed by atoms with Crippen LogP contribution >= 0.6 is 22.6 Å². The van der Waals surface area contributed by atoms with Crippen molar-refractivity contribution >= 4 is 34.4 Å². The Morgan fingerprint density at radius 2 is 1.92 bits per heavy atom. The van der Waals surface area contributed by atoms with Crippen LogP contribution in [0, 0.1) is 0 Å². The maximum Gasteiger partial charge on any atom is 0.242 e. The van der Waals surface area contributed by atoms with Gasteiger partial charge in [0.1, 0.15) is 3.42 Å². The number of carbonyl (C=O) groups excluding carboxylic acids is 2. The third kappa shape index (κ3) is 2.74. The van der Waals surface area contributed by atoms with Gasteiger partial charge >= 0.3 is 0 Å². The summed E-state index contributed by atoms with van der Waals surface area (Å²) in [5.41, 5.74) is 2.54. The van der Waals surface area contributed by atoms with Gasteiger partial charge in [0.25, 0.3) is 0 Å². The lowest BCUT2D eigenvalue weighted by Gasteiger charge is -2.46. The summed E-state index contributed by atoms with van der Waals surface area (Å²) in [4.78, 5) is 29.6. The van der Waals surface area contributed by atoms with E-state index in [-0.39, 0.29) is 27.8 Å². The first-order valence-electron chi connectivity index (χ1n) is 8.94. The number of hydrogen-bond acceptors (Lipinski definition) is 2. The summed E-state index contributed by atoms with van der Waals surface area (Å²) in [6.07, 6.45) is 6.27. The van der Waals surface area contributed by atoms with Crippen molar-refractivity contribution in [2.24, 2.45) is 0 Å². The molecule has 1 saturated heterocycles. The first-order valence-corrected chi connectivity index (χ1v) is 10.0. The van der Waals surface area contributed by atoms with Gasteiger partial charge in [0.05, 0.1) is 12.6 Å². The van der Waals surface area contributed by atoms with Crippen LogP contribution in [0.5, 0.6) is 0 Å². The summed E-state index contributed by atoms with van der Waals surface area (Å²) < 4.78 is -0.299. The van der Waals surface area contributed by atoms with Gasteiger partial charge in [-0.3, -0.25) is 9.59 Å². The van der Waals surface area contributed by atoms with Crippen LogP contribution in [-0.2, 0) is 16.0 Å². The molecule has 24 heavy (non-hydrogen) atoms. The topological polar surface area (TPSA) is 40.6 Å². The Balaban J connectivity index is 1.60. The Morgan fingerprint density at radius 3 is 2.71 bits per heavy atom. The van der Waals surface area contributed by atoms with E-state index >= 15 is 0 Å². The molecule has 1 atom stereocenters.